The molecule has 0 saturated carbocycles. The van der Waals surface area contributed by atoms with Crippen LogP contribution in [0.15, 0.2) is 9.59 Å². The van der Waals surface area contributed by atoms with E-state index in [-0.39, 0.29) is 11.2 Å². The van der Waals surface area contributed by atoms with Crippen LogP contribution < -0.4 is 21.0 Å². The van der Waals surface area contributed by atoms with Crippen molar-refractivity contribution in [1.82, 2.24) is 19.1 Å². The van der Waals surface area contributed by atoms with Gasteiger partial charge < -0.3 is 14.8 Å². The number of fused-ring (bicyclic) bond motifs is 1. The van der Waals surface area contributed by atoms with Gasteiger partial charge in [0.25, 0.3) is 5.56 Å². The fourth-order valence-corrected chi connectivity index (χ4v) is 2.90. The SMILES string of the molecule is Cn1c(=O)c2[nH]c(C[NH+]3CC[NH+](C)CC3)nc2n(C)c1=O. The lowest BCUT2D eigenvalue weighted by atomic mass is 10.3. The lowest BCUT2D eigenvalue weighted by Crippen LogP contribution is -3.26. The van der Waals surface area contributed by atoms with E-state index < -0.39 is 0 Å². The highest BCUT2D eigenvalue weighted by Gasteiger charge is 2.22. The van der Waals surface area contributed by atoms with Crippen LogP contribution in [0.1, 0.15) is 5.82 Å². The van der Waals surface area contributed by atoms with Gasteiger partial charge in [-0.05, 0) is 0 Å². The second-order valence-electron chi connectivity index (χ2n) is 5.97. The summed E-state index contributed by atoms with van der Waals surface area (Å²) in [5.41, 5.74) is 0.191. The number of H-pyrrole nitrogens is 1. The maximum Gasteiger partial charge on any atom is 0.332 e. The Morgan fingerprint density at radius 3 is 2.48 bits per heavy atom. The molecule has 1 aliphatic rings. The molecule has 0 bridgehead atoms. The van der Waals surface area contributed by atoms with E-state index in [9.17, 15) is 9.59 Å². The zero-order valence-corrected chi connectivity index (χ0v) is 12.7. The van der Waals surface area contributed by atoms with Gasteiger partial charge in [-0.25, -0.2) is 9.78 Å². The summed E-state index contributed by atoms with van der Waals surface area (Å²) in [7, 11) is 5.33. The van der Waals surface area contributed by atoms with Gasteiger partial charge in [0.1, 0.15) is 38.2 Å². The summed E-state index contributed by atoms with van der Waals surface area (Å²) in [6, 6.07) is 0. The molecule has 8 nitrogen and oxygen atoms in total. The fourth-order valence-electron chi connectivity index (χ4n) is 2.90. The van der Waals surface area contributed by atoms with E-state index >= 15 is 0 Å². The van der Waals surface area contributed by atoms with E-state index in [1.54, 1.807) is 11.9 Å². The highest BCUT2D eigenvalue weighted by Crippen LogP contribution is 2.03. The van der Waals surface area contributed by atoms with Crippen molar-refractivity contribution in [1.29, 1.82) is 0 Å². The van der Waals surface area contributed by atoms with Gasteiger partial charge in [-0.2, -0.15) is 0 Å². The average molecular weight is 294 g/mol. The molecule has 3 rings (SSSR count). The lowest BCUT2D eigenvalue weighted by molar-refractivity contribution is -1.01. The van der Waals surface area contributed by atoms with Crippen LogP contribution in [-0.2, 0) is 20.6 Å². The molecule has 2 aromatic rings. The van der Waals surface area contributed by atoms with Crippen molar-refractivity contribution in [2.45, 2.75) is 6.54 Å². The Hall–Kier alpha value is -1.93. The molecule has 114 valence electrons. The Kier molecular flexibility index (Phi) is 3.42. The van der Waals surface area contributed by atoms with Crippen molar-refractivity contribution in [3.05, 3.63) is 26.7 Å². The third-order valence-corrected chi connectivity index (χ3v) is 4.37. The molecule has 0 amide bonds. The summed E-state index contributed by atoms with van der Waals surface area (Å²) in [4.78, 5) is 34.6. The van der Waals surface area contributed by atoms with Gasteiger partial charge in [0.2, 0.25) is 0 Å². The molecule has 0 radical (unpaired) electrons. The Morgan fingerprint density at radius 2 is 1.81 bits per heavy atom. The number of nitrogens with one attached hydrogen (secondary N) is 3. The Bertz CT molecular complexity index is 778. The number of nitrogens with zero attached hydrogens (tertiary/aromatic N) is 3. The van der Waals surface area contributed by atoms with Crippen LogP contribution in [-0.4, -0.2) is 52.3 Å². The van der Waals surface area contributed by atoms with Crippen molar-refractivity contribution >= 4 is 11.2 Å². The summed E-state index contributed by atoms with van der Waals surface area (Å²) in [5.74, 6) is 0.776. The molecule has 0 atom stereocenters. The Balaban J connectivity index is 1.95. The predicted molar refractivity (Wildman–Crippen MR) is 77.6 cm³/mol. The smallest absolute Gasteiger partial charge is 0.331 e. The summed E-state index contributed by atoms with van der Waals surface area (Å²) in [6.07, 6.45) is 0. The molecule has 0 spiro atoms. The van der Waals surface area contributed by atoms with E-state index in [0.717, 1.165) is 43.1 Å². The van der Waals surface area contributed by atoms with Gasteiger partial charge in [-0.1, -0.05) is 0 Å². The average Bonchev–Trinajstić information content (AvgIpc) is 2.89. The zero-order chi connectivity index (χ0) is 15.1. The highest BCUT2D eigenvalue weighted by atomic mass is 16.2. The van der Waals surface area contributed by atoms with E-state index in [1.165, 1.54) is 16.5 Å². The first-order valence-electron chi connectivity index (χ1n) is 7.27. The normalized spacial score (nSPS) is 22.8. The minimum Gasteiger partial charge on any atom is -0.331 e. The number of quaternary nitrogens is 2. The summed E-state index contributed by atoms with van der Waals surface area (Å²) < 4.78 is 2.52. The maximum atomic E-state index is 12.1. The lowest BCUT2D eigenvalue weighted by Gasteiger charge is -2.26. The second kappa shape index (κ2) is 5.12. The number of hydrogen-bond donors (Lipinski definition) is 3. The quantitative estimate of drug-likeness (QED) is 0.526. The number of aromatic nitrogens is 4. The Morgan fingerprint density at radius 1 is 1.14 bits per heavy atom. The van der Waals surface area contributed by atoms with Gasteiger partial charge in [-0.3, -0.25) is 13.9 Å². The van der Waals surface area contributed by atoms with Gasteiger partial charge in [0.15, 0.2) is 11.5 Å². The van der Waals surface area contributed by atoms with Crippen molar-refractivity contribution in [3.8, 4) is 0 Å². The number of aromatic amines is 1. The third-order valence-electron chi connectivity index (χ3n) is 4.37. The van der Waals surface area contributed by atoms with E-state index in [0.29, 0.717) is 11.2 Å². The first-order chi connectivity index (χ1) is 9.97. The maximum absolute atomic E-state index is 12.1. The van der Waals surface area contributed by atoms with Gasteiger partial charge in [0, 0.05) is 14.1 Å². The molecule has 0 aromatic carbocycles. The van der Waals surface area contributed by atoms with Gasteiger partial charge in [0.05, 0.1) is 7.05 Å². The van der Waals surface area contributed by atoms with Crippen LogP contribution in [0.2, 0.25) is 0 Å². The molecule has 1 saturated heterocycles. The third kappa shape index (κ3) is 2.40. The fraction of sp³-hybridized carbons (Fsp3) is 0.615. The van der Waals surface area contributed by atoms with Gasteiger partial charge in [-0.15, -0.1) is 0 Å². The van der Waals surface area contributed by atoms with Gasteiger partial charge >= 0.3 is 5.69 Å². The zero-order valence-electron chi connectivity index (χ0n) is 12.7. The molecular weight excluding hydrogens is 272 g/mol. The summed E-state index contributed by atoms with van der Waals surface area (Å²) in [5, 5.41) is 0. The predicted octanol–water partition coefficient (Wildman–Crippen LogP) is -4.13. The number of imidazole rings is 1. The second-order valence-corrected chi connectivity index (χ2v) is 5.97. The molecule has 21 heavy (non-hydrogen) atoms. The number of piperazine rings is 1. The first kappa shape index (κ1) is 14.0. The molecular formula is C13H22N6O2+2. The summed E-state index contributed by atoms with van der Waals surface area (Å²) in [6.45, 7) is 5.25. The number of aryl methyl sites for hydroxylation is 1. The van der Waals surface area contributed by atoms with Crippen molar-refractivity contribution in [2.24, 2.45) is 14.1 Å². The monoisotopic (exact) mass is 294 g/mol. The van der Waals surface area contributed by atoms with Crippen molar-refractivity contribution < 1.29 is 9.80 Å². The van der Waals surface area contributed by atoms with Crippen LogP contribution in [0, 0.1) is 0 Å². The van der Waals surface area contributed by atoms with Crippen molar-refractivity contribution in [2.75, 3.05) is 33.2 Å². The number of hydrogen-bond acceptors (Lipinski definition) is 3. The largest absolute Gasteiger partial charge is 0.332 e. The minimum absolute atomic E-state index is 0.315. The van der Waals surface area contributed by atoms with Crippen molar-refractivity contribution in [3.63, 3.8) is 0 Å². The molecule has 3 N–H and O–H groups in total. The highest BCUT2D eigenvalue weighted by molar-refractivity contribution is 5.69. The topological polar surface area (TPSA) is 81.6 Å². The molecule has 0 aliphatic carbocycles. The molecule has 1 aliphatic heterocycles. The Labute approximate surface area is 121 Å². The van der Waals surface area contributed by atoms with Crippen LogP contribution in [0.3, 0.4) is 0 Å². The van der Waals surface area contributed by atoms with Crippen LogP contribution in [0.25, 0.3) is 11.2 Å². The standard InChI is InChI=1S/C13H20N6O2/c1-16-4-6-19(7-5-16)8-9-14-10-11(15-9)17(2)13(21)18(3)12(10)20/h4-8H2,1-3H3,(H,14,15)/p+2. The number of likely N-dealkylation sites (N-methyl/N-ethyl adjacent to an activating group) is 1. The molecule has 8 heteroatoms. The molecule has 1 fully saturated rings. The van der Waals surface area contributed by atoms with Crippen LogP contribution >= 0.6 is 0 Å². The molecule has 3 heterocycles. The summed E-state index contributed by atoms with van der Waals surface area (Å²) >= 11 is 0. The molecule has 2 aromatic heterocycles. The molecule has 0 unspecified atom stereocenters. The van der Waals surface area contributed by atoms with E-state index in [1.807, 2.05) is 0 Å². The van der Waals surface area contributed by atoms with Crippen LogP contribution in [0.5, 0.6) is 0 Å². The van der Waals surface area contributed by atoms with E-state index in [2.05, 4.69) is 17.0 Å². The minimum atomic E-state index is -0.346. The number of rotatable bonds is 2. The van der Waals surface area contributed by atoms with Crippen LogP contribution in [0.4, 0.5) is 0 Å². The van der Waals surface area contributed by atoms with E-state index in [4.69, 9.17) is 0 Å². The first-order valence-corrected chi connectivity index (χ1v) is 7.27.